The summed E-state index contributed by atoms with van der Waals surface area (Å²) in [6.07, 6.45) is 3.61. The van der Waals surface area contributed by atoms with Crippen LogP contribution < -0.4 is 10.1 Å². The molecular weight excluding hydrogens is 238 g/mol. The van der Waals surface area contributed by atoms with E-state index in [1.807, 2.05) is 38.1 Å². The number of carbonyl (C=O) groups excluding carboxylic acids is 1. The van der Waals surface area contributed by atoms with Crippen molar-refractivity contribution in [1.29, 1.82) is 0 Å². The lowest BCUT2D eigenvalue weighted by atomic mass is 10.2. The van der Waals surface area contributed by atoms with Gasteiger partial charge in [0.15, 0.2) is 6.10 Å². The Bertz CT molecular complexity index is 373. The number of ether oxygens (including phenoxy) is 1. The molecule has 1 amide bonds. The zero-order valence-electron chi connectivity index (χ0n) is 12.2. The van der Waals surface area contributed by atoms with Crippen LogP contribution in [0.1, 0.15) is 45.1 Å². The van der Waals surface area contributed by atoms with Gasteiger partial charge in [0.05, 0.1) is 0 Å². The molecule has 1 N–H and O–H groups in total. The maximum Gasteiger partial charge on any atom is 0.261 e. The minimum atomic E-state index is -0.399. The van der Waals surface area contributed by atoms with Crippen molar-refractivity contribution in [2.45, 2.75) is 52.6 Å². The van der Waals surface area contributed by atoms with E-state index in [2.05, 4.69) is 12.2 Å². The molecule has 0 bridgehead atoms. The van der Waals surface area contributed by atoms with Gasteiger partial charge >= 0.3 is 0 Å². The van der Waals surface area contributed by atoms with Crippen molar-refractivity contribution < 1.29 is 9.53 Å². The molecule has 0 aliphatic heterocycles. The van der Waals surface area contributed by atoms with E-state index in [-0.39, 0.29) is 5.91 Å². The number of unbranched alkanes of at least 4 members (excludes halogenated alkanes) is 2. The van der Waals surface area contributed by atoms with E-state index in [0.29, 0.717) is 6.42 Å². The van der Waals surface area contributed by atoms with Crippen LogP contribution in [-0.4, -0.2) is 18.6 Å². The molecule has 1 aromatic carbocycles. The lowest BCUT2D eigenvalue weighted by Crippen LogP contribution is -2.38. The summed E-state index contributed by atoms with van der Waals surface area (Å²) in [5.74, 6) is 0.736. The molecule has 0 radical (unpaired) electrons. The SMILES string of the molecule is CCCCCNC(=O)[C@@H](CC)Oc1ccc(C)cc1. The van der Waals surface area contributed by atoms with Gasteiger partial charge in [-0.2, -0.15) is 0 Å². The molecule has 1 aromatic rings. The molecule has 0 unspecified atom stereocenters. The molecule has 1 rings (SSSR count). The predicted octanol–water partition coefficient (Wildman–Crippen LogP) is 3.46. The maximum absolute atomic E-state index is 12.0. The molecule has 0 heterocycles. The fourth-order valence-electron chi connectivity index (χ4n) is 1.80. The topological polar surface area (TPSA) is 38.3 Å². The van der Waals surface area contributed by atoms with Crippen molar-refractivity contribution in [2.75, 3.05) is 6.54 Å². The van der Waals surface area contributed by atoms with E-state index in [4.69, 9.17) is 4.74 Å². The van der Waals surface area contributed by atoms with Crippen LogP contribution in [0.25, 0.3) is 0 Å². The van der Waals surface area contributed by atoms with Crippen molar-refractivity contribution >= 4 is 5.91 Å². The van der Waals surface area contributed by atoms with Gasteiger partial charge in [0.2, 0.25) is 0 Å². The lowest BCUT2D eigenvalue weighted by Gasteiger charge is -2.17. The highest BCUT2D eigenvalue weighted by Crippen LogP contribution is 2.14. The number of rotatable bonds is 8. The second-order valence-electron chi connectivity index (χ2n) is 4.83. The van der Waals surface area contributed by atoms with E-state index >= 15 is 0 Å². The van der Waals surface area contributed by atoms with Gasteiger partial charge in [-0.15, -0.1) is 0 Å². The zero-order chi connectivity index (χ0) is 14.1. The molecule has 0 spiro atoms. The van der Waals surface area contributed by atoms with E-state index in [9.17, 15) is 4.79 Å². The maximum atomic E-state index is 12.0. The number of hydrogen-bond acceptors (Lipinski definition) is 2. The third-order valence-corrected chi connectivity index (χ3v) is 3.04. The van der Waals surface area contributed by atoms with Crippen molar-refractivity contribution in [3.8, 4) is 5.75 Å². The molecule has 0 fully saturated rings. The summed E-state index contributed by atoms with van der Waals surface area (Å²) >= 11 is 0. The Morgan fingerprint density at radius 3 is 2.47 bits per heavy atom. The van der Waals surface area contributed by atoms with Crippen molar-refractivity contribution in [3.05, 3.63) is 29.8 Å². The van der Waals surface area contributed by atoms with Crippen LogP contribution in [0.4, 0.5) is 0 Å². The van der Waals surface area contributed by atoms with Gasteiger partial charge in [-0.1, -0.05) is 44.4 Å². The lowest BCUT2D eigenvalue weighted by molar-refractivity contribution is -0.128. The first-order chi connectivity index (χ1) is 9.17. The van der Waals surface area contributed by atoms with Crippen LogP contribution in [0.2, 0.25) is 0 Å². The monoisotopic (exact) mass is 263 g/mol. The molecule has 106 valence electrons. The number of carbonyl (C=O) groups is 1. The second kappa shape index (κ2) is 8.57. The Labute approximate surface area is 116 Å². The predicted molar refractivity (Wildman–Crippen MR) is 78.4 cm³/mol. The average Bonchev–Trinajstić information content (AvgIpc) is 2.42. The average molecular weight is 263 g/mol. The molecule has 0 saturated heterocycles. The summed E-state index contributed by atoms with van der Waals surface area (Å²) in [4.78, 5) is 12.0. The minimum Gasteiger partial charge on any atom is -0.481 e. The summed E-state index contributed by atoms with van der Waals surface area (Å²) in [5, 5.41) is 2.94. The Kier molecular flexibility index (Phi) is 7.01. The second-order valence-corrected chi connectivity index (χ2v) is 4.83. The van der Waals surface area contributed by atoms with Crippen LogP contribution in [0, 0.1) is 6.92 Å². The molecule has 0 saturated carbocycles. The number of amides is 1. The van der Waals surface area contributed by atoms with Crippen LogP contribution >= 0.6 is 0 Å². The smallest absolute Gasteiger partial charge is 0.261 e. The Balaban J connectivity index is 2.43. The number of hydrogen-bond donors (Lipinski definition) is 1. The van der Waals surface area contributed by atoms with E-state index in [1.165, 1.54) is 5.56 Å². The normalized spacial score (nSPS) is 11.9. The first kappa shape index (κ1) is 15.5. The Morgan fingerprint density at radius 2 is 1.89 bits per heavy atom. The highest BCUT2D eigenvalue weighted by Gasteiger charge is 2.17. The van der Waals surface area contributed by atoms with Gasteiger partial charge in [-0.25, -0.2) is 0 Å². The summed E-state index contributed by atoms with van der Waals surface area (Å²) in [5.41, 5.74) is 1.18. The van der Waals surface area contributed by atoms with Crippen molar-refractivity contribution in [1.82, 2.24) is 5.32 Å². The Hall–Kier alpha value is -1.51. The van der Waals surface area contributed by atoms with Crippen LogP contribution in [-0.2, 0) is 4.79 Å². The van der Waals surface area contributed by atoms with Crippen molar-refractivity contribution in [2.24, 2.45) is 0 Å². The number of nitrogens with one attached hydrogen (secondary N) is 1. The van der Waals surface area contributed by atoms with E-state index in [1.54, 1.807) is 0 Å². The third kappa shape index (κ3) is 5.77. The van der Waals surface area contributed by atoms with Crippen molar-refractivity contribution in [3.63, 3.8) is 0 Å². The molecule has 0 aliphatic rings. The fourth-order valence-corrected chi connectivity index (χ4v) is 1.80. The number of aryl methyl sites for hydroxylation is 1. The first-order valence-corrected chi connectivity index (χ1v) is 7.18. The van der Waals surface area contributed by atoms with E-state index < -0.39 is 6.10 Å². The van der Waals surface area contributed by atoms with Gasteiger partial charge < -0.3 is 10.1 Å². The molecule has 0 aliphatic carbocycles. The third-order valence-electron chi connectivity index (χ3n) is 3.04. The standard InChI is InChI=1S/C16H25NO2/c1-4-6-7-12-17-16(18)15(5-2)19-14-10-8-13(3)9-11-14/h8-11,15H,4-7,12H2,1-3H3,(H,17,18)/t15-/m1/s1. The van der Waals surface area contributed by atoms with Crippen LogP contribution in [0.5, 0.6) is 5.75 Å². The minimum absolute atomic E-state index is 0.0146. The molecule has 3 heteroatoms. The summed E-state index contributed by atoms with van der Waals surface area (Å²) in [7, 11) is 0. The quantitative estimate of drug-likeness (QED) is 0.729. The van der Waals surface area contributed by atoms with Gasteiger partial charge in [-0.3, -0.25) is 4.79 Å². The van der Waals surface area contributed by atoms with Crippen LogP contribution in [0.3, 0.4) is 0 Å². The van der Waals surface area contributed by atoms with Gasteiger partial charge in [0.1, 0.15) is 5.75 Å². The summed E-state index contributed by atoms with van der Waals surface area (Å²) < 4.78 is 5.73. The van der Waals surface area contributed by atoms with Gasteiger partial charge in [0.25, 0.3) is 5.91 Å². The zero-order valence-corrected chi connectivity index (χ0v) is 12.2. The van der Waals surface area contributed by atoms with Gasteiger partial charge in [0, 0.05) is 6.54 Å². The van der Waals surface area contributed by atoms with E-state index in [0.717, 1.165) is 31.6 Å². The molecule has 1 atom stereocenters. The highest BCUT2D eigenvalue weighted by atomic mass is 16.5. The largest absolute Gasteiger partial charge is 0.481 e. The summed E-state index contributed by atoms with van der Waals surface area (Å²) in [6.45, 7) is 6.88. The molecule has 0 aromatic heterocycles. The Morgan fingerprint density at radius 1 is 1.21 bits per heavy atom. The molecule has 3 nitrogen and oxygen atoms in total. The molecular formula is C16H25NO2. The molecule has 19 heavy (non-hydrogen) atoms. The highest BCUT2D eigenvalue weighted by molar-refractivity contribution is 5.81. The summed E-state index contributed by atoms with van der Waals surface area (Å²) in [6, 6.07) is 7.78. The first-order valence-electron chi connectivity index (χ1n) is 7.18. The van der Waals surface area contributed by atoms with Crippen LogP contribution in [0.15, 0.2) is 24.3 Å². The van der Waals surface area contributed by atoms with Gasteiger partial charge in [-0.05, 0) is 31.9 Å². The fraction of sp³-hybridized carbons (Fsp3) is 0.562. The number of benzene rings is 1.